The molecule has 0 bridgehead atoms. The summed E-state index contributed by atoms with van der Waals surface area (Å²) in [5.74, 6) is 0.689. The van der Waals surface area contributed by atoms with Crippen LogP contribution < -0.4 is 5.32 Å². The van der Waals surface area contributed by atoms with Gasteiger partial charge in [0.15, 0.2) is 0 Å². The maximum absolute atomic E-state index is 9.63. The Labute approximate surface area is 125 Å². The Hall–Kier alpha value is -0.120. The summed E-state index contributed by atoms with van der Waals surface area (Å²) < 4.78 is 6.04. The maximum Gasteiger partial charge on any atom is 0.0611 e. The van der Waals surface area contributed by atoms with Crippen LogP contribution in [0.15, 0.2) is 0 Å². The molecule has 1 rings (SSSR count). The predicted octanol–water partition coefficient (Wildman–Crippen LogP) is 3.50. The number of nitrogens with one attached hydrogen (secondary N) is 1. The van der Waals surface area contributed by atoms with Crippen molar-refractivity contribution in [3.8, 4) is 0 Å². The summed E-state index contributed by atoms with van der Waals surface area (Å²) in [6.07, 6.45) is 8.62. The van der Waals surface area contributed by atoms with Crippen molar-refractivity contribution in [2.24, 2.45) is 5.92 Å². The zero-order valence-electron chi connectivity index (χ0n) is 14.0. The third kappa shape index (κ3) is 7.05. The van der Waals surface area contributed by atoms with Crippen molar-refractivity contribution in [2.75, 3.05) is 13.2 Å². The molecule has 1 aliphatic rings. The fourth-order valence-electron chi connectivity index (χ4n) is 2.78. The van der Waals surface area contributed by atoms with E-state index in [1.54, 1.807) is 0 Å². The summed E-state index contributed by atoms with van der Waals surface area (Å²) in [6.45, 7) is 9.79. The topological polar surface area (TPSA) is 41.5 Å². The second-order valence-corrected chi connectivity index (χ2v) is 6.90. The van der Waals surface area contributed by atoms with Crippen LogP contribution >= 0.6 is 0 Å². The summed E-state index contributed by atoms with van der Waals surface area (Å²) in [5, 5.41) is 13.2. The van der Waals surface area contributed by atoms with Crippen LogP contribution in [0.4, 0.5) is 0 Å². The standard InChI is InChI=1S/C17H35NO2/c1-5-7-8-15(6-2)12-20-14(3)11-17(4,13-19)18-16-9-10-16/h14-16,18-19H,5-13H2,1-4H3. The molecule has 0 amide bonds. The lowest BCUT2D eigenvalue weighted by molar-refractivity contribution is 0.00734. The number of hydrogen-bond acceptors (Lipinski definition) is 3. The van der Waals surface area contributed by atoms with Crippen LogP contribution in [0.1, 0.15) is 72.6 Å². The van der Waals surface area contributed by atoms with Gasteiger partial charge >= 0.3 is 0 Å². The average molecular weight is 285 g/mol. The van der Waals surface area contributed by atoms with Gasteiger partial charge in [0, 0.05) is 18.2 Å². The maximum atomic E-state index is 9.63. The van der Waals surface area contributed by atoms with Gasteiger partial charge in [0.25, 0.3) is 0 Å². The molecule has 0 aliphatic heterocycles. The highest BCUT2D eigenvalue weighted by atomic mass is 16.5. The lowest BCUT2D eigenvalue weighted by atomic mass is 9.95. The molecule has 2 N–H and O–H groups in total. The molecule has 3 unspecified atom stereocenters. The fourth-order valence-corrected chi connectivity index (χ4v) is 2.78. The van der Waals surface area contributed by atoms with Crippen molar-refractivity contribution < 1.29 is 9.84 Å². The van der Waals surface area contributed by atoms with E-state index in [4.69, 9.17) is 4.74 Å². The Morgan fingerprint density at radius 2 is 2.05 bits per heavy atom. The normalized spacial score (nSPS) is 21.4. The third-order valence-corrected chi connectivity index (χ3v) is 4.38. The molecule has 3 atom stereocenters. The minimum absolute atomic E-state index is 0.185. The fraction of sp³-hybridized carbons (Fsp3) is 1.00. The van der Waals surface area contributed by atoms with Crippen LogP contribution in [0.3, 0.4) is 0 Å². The predicted molar refractivity (Wildman–Crippen MR) is 85.0 cm³/mol. The van der Waals surface area contributed by atoms with Gasteiger partial charge in [0.1, 0.15) is 0 Å². The molecule has 0 radical (unpaired) electrons. The number of aliphatic hydroxyl groups excluding tert-OH is 1. The highest BCUT2D eigenvalue weighted by Crippen LogP contribution is 2.25. The zero-order valence-corrected chi connectivity index (χ0v) is 14.0. The van der Waals surface area contributed by atoms with E-state index in [1.807, 2.05) is 0 Å². The second kappa shape index (κ2) is 9.01. The smallest absolute Gasteiger partial charge is 0.0611 e. The number of rotatable bonds is 12. The number of aliphatic hydroxyl groups is 1. The van der Waals surface area contributed by atoms with Gasteiger partial charge in [0.05, 0.1) is 12.7 Å². The van der Waals surface area contributed by atoms with Crippen molar-refractivity contribution >= 4 is 0 Å². The van der Waals surface area contributed by atoms with Crippen molar-refractivity contribution in [1.29, 1.82) is 0 Å². The van der Waals surface area contributed by atoms with E-state index in [0.29, 0.717) is 12.0 Å². The summed E-state index contributed by atoms with van der Waals surface area (Å²) in [6, 6.07) is 0.618. The molecule has 0 spiro atoms. The van der Waals surface area contributed by atoms with E-state index in [9.17, 15) is 5.11 Å². The van der Waals surface area contributed by atoms with E-state index in [2.05, 4.69) is 33.0 Å². The van der Waals surface area contributed by atoms with Gasteiger partial charge in [-0.05, 0) is 45.4 Å². The summed E-state index contributed by atoms with van der Waals surface area (Å²) >= 11 is 0. The van der Waals surface area contributed by atoms with Gasteiger partial charge in [-0.1, -0.05) is 33.1 Å². The largest absolute Gasteiger partial charge is 0.394 e. The van der Waals surface area contributed by atoms with Crippen molar-refractivity contribution in [3.05, 3.63) is 0 Å². The van der Waals surface area contributed by atoms with E-state index < -0.39 is 0 Å². The molecule has 3 nitrogen and oxygen atoms in total. The molecule has 20 heavy (non-hydrogen) atoms. The van der Waals surface area contributed by atoms with E-state index in [0.717, 1.165) is 13.0 Å². The van der Waals surface area contributed by atoms with Gasteiger partial charge in [-0.3, -0.25) is 0 Å². The second-order valence-electron chi connectivity index (χ2n) is 6.90. The molecule has 3 heteroatoms. The minimum Gasteiger partial charge on any atom is -0.394 e. The number of hydrogen-bond donors (Lipinski definition) is 2. The average Bonchev–Trinajstić information content (AvgIpc) is 3.22. The molecule has 0 heterocycles. The van der Waals surface area contributed by atoms with Crippen LogP contribution in [0.2, 0.25) is 0 Å². The van der Waals surface area contributed by atoms with Crippen molar-refractivity contribution in [1.82, 2.24) is 5.32 Å². The van der Waals surface area contributed by atoms with Gasteiger partial charge < -0.3 is 15.2 Å². The third-order valence-electron chi connectivity index (χ3n) is 4.38. The molecule has 0 aromatic heterocycles. The van der Waals surface area contributed by atoms with Gasteiger partial charge in [-0.2, -0.15) is 0 Å². The Morgan fingerprint density at radius 1 is 1.35 bits per heavy atom. The van der Waals surface area contributed by atoms with E-state index in [-0.39, 0.29) is 18.2 Å². The van der Waals surface area contributed by atoms with Crippen LogP contribution in [-0.4, -0.2) is 36.0 Å². The van der Waals surface area contributed by atoms with Gasteiger partial charge in [-0.15, -0.1) is 0 Å². The first-order valence-corrected chi connectivity index (χ1v) is 8.53. The monoisotopic (exact) mass is 285 g/mol. The molecule has 0 saturated heterocycles. The van der Waals surface area contributed by atoms with Crippen LogP contribution in [0, 0.1) is 5.92 Å². The van der Waals surface area contributed by atoms with Crippen LogP contribution in [0.25, 0.3) is 0 Å². The molecule has 1 saturated carbocycles. The Kier molecular flexibility index (Phi) is 8.08. The minimum atomic E-state index is -0.189. The van der Waals surface area contributed by atoms with Crippen LogP contribution in [-0.2, 0) is 4.74 Å². The molecule has 0 aromatic carbocycles. The quantitative estimate of drug-likeness (QED) is 0.576. The first-order valence-electron chi connectivity index (χ1n) is 8.53. The summed E-state index contributed by atoms with van der Waals surface area (Å²) in [5.41, 5.74) is -0.189. The Bertz CT molecular complexity index is 255. The molecular weight excluding hydrogens is 250 g/mol. The van der Waals surface area contributed by atoms with Crippen molar-refractivity contribution in [3.63, 3.8) is 0 Å². The number of ether oxygens (including phenoxy) is 1. The Balaban J connectivity index is 2.27. The first-order chi connectivity index (χ1) is 9.53. The molecule has 1 fully saturated rings. The summed E-state index contributed by atoms with van der Waals surface area (Å²) in [7, 11) is 0. The molecule has 120 valence electrons. The van der Waals surface area contributed by atoms with Gasteiger partial charge in [-0.25, -0.2) is 0 Å². The first kappa shape index (κ1) is 17.9. The lowest BCUT2D eigenvalue weighted by Crippen LogP contribution is -2.49. The SMILES string of the molecule is CCCCC(CC)COC(C)CC(C)(CO)NC1CC1. The zero-order chi connectivity index (χ0) is 15.0. The molecular formula is C17H35NO2. The molecule has 0 aromatic rings. The highest BCUT2D eigenvalue weighted by Gasteiger charge is 2.33. The highest BCUT2D eigenvalue weighted by molar-refractivity contribution is 4.93. The Morgan fingerprint density at radius 3 is 2.55 bits per heavy atom. The van der Waals surface area contributed by atoms with Crippen molar-refractivity contribution in [2.45, 2.75) is 90.3 Å². The summed E-state index contributed by atoms with van der Waals surface area (Å²) in [4.78, 5) is 0. The van der Waals surface area contributed by atoms with E-state index in [1.165, 1.54) is 38.5 Å². The number of unbranched alkanes of at least 4 members (excludes halogenated alkanes) is 1. The lowest BCUT2D eigenvalue weighted by Gasteiger charge is -2.32. The van der Waals surface area contributed by atoms with Crippen LogP contribution in [0.5, 0.6) is 0 Å². The van der Waals surface area contributed by atoms with Gasteiger partial charge in [0.2, 0.25) is 0 Å². The van der Waals surface area contributed by atoms with E-state index >= 15 is 0 Å². The molecule has 1 aliphatic carbocycles.